The maximum absolute atomic E-state index is 12.9. The van der Waals surface area contributed by atoms with Crippen LogP contribution in [0.2, 0.25) is 5.02 Å². The first-order chi connectivity index (χ1) is 11.6. The molecule has 1 aliphatic carbocycles. The minimum Gasteiger partial charge on any atom is -0.360 e. The molecule has 0 amide bonds. The monoisotopic (exact) mass is 340 g/mol. The normalized spacial score (nSPS) is 14.8. The van der Waals surface area contributed by atoms with Crippen molar-refractivity contribution in [2.75, 3.05) is 0 Å². The Hall–Kier alpha value is -2.60. The van der Waals surface area contributed by atoms with Gasteiger partial charge in [-0.15, -0.1) is 0 Å². The van der Waals surface area contributed by atoms with E-state index in [2.05, 4.69) is 10.1 Å². The molecule has 0 aliphatic heterocycles. The lowest BCUT2D eigenvalue weighted by molar-refractivity contribution is 0.386. The van der Waals surface area contributed by atoms with E-state index < -0.39 is 0 Å². The number of aromatic nitrogens is 4. The molecule has 1 fully saturated rings. The zero-order valence-electron chi connectivity index (χ0n) is 12.9. The van der Waals surface area contributed by atoms with Gasteiger partial charge in [-0.3, -0.25) is 9.20 Å². The molecule has 0 saturated heterocycles. The summed E-state index contributed by atoms with van der Waals surface area (Å²) < 4.78 is 8.73. The smallest absolute Gasteiger partial charge is 0.277 e. The molecule has 0 atom stereocenters. The Bertz CT molecular complexity index is 1170. The average molecular weight is 341 g/mol. The zero-order valence-corrected chi connectivity index (χ0v) is 13.6. The van der Waals surface area contributed by atoms with Gasteiger partial charge in [0.05, 0.1) is 16.1 Å². The number of rotatable bonds is 2. The van der Waals surface area contributed by atoms with Gasteiger partial charge in [-0.25, -0.2) is 4.98 Å². The van der Waals surface area contributed by atoms with Crippen LogP contribution in [0.5, 0.6) is 0 Å². The van der Waals surface area contributed by atoms with E-state index in [1.165, 1.54) is 0 Å². The van der Waals surface area contributed by atoms with Gasteiger partial charge in [0.15, 0.2) is 0 Å². The van der Waals surface area contributed by atoms with E-state index in [4.69, 9.17) is 16.1 Å². The van der Waals surface area contributed by atoms with Gasteiger partial charge in [0, 0.05) is 19.0 Å². The summed E-state index contributed by atoms with van der Waals surface area (Å²) in [5.41, 5.74) is 2.94. The molecular formula is C17H13ClN4O2. The van der Waals surface area contributed by atoms with Gasteiger partial charge in [0.25, 0.3) is 5.56 Å². The van der Waals surface area contributed by atoms with Gasteiger partial charge in [-0.05, 0) is 25.0 Å². The second kappa shape index (κ2) is 4.70. The van der Waals surface area contributed by atoms with Crippen LogP contribution in [-0.2, 0) is 7.05 Å². The van der Waals surface area contributed by atoms with Gasteiger partial charge in [0.2, 0.25) is 0 Å². The number of fused-ring (bicyclic) bond motifs is 3. The predicted molar refractivity (Wildman–Crippen MR) is 90.4 cm³/mol. The molecule has 4 aromatic rings. The fraction of sp³-hybridized carbons (Fsp3) is 0.235. The number of nitrogens with zero attached hydrogens (tertiary/aromatic N) is 4. The number of imidazole rings is 1. The van der Waals surface area contributed by atoms with Crippen LogP contribution >= 0.6 is 11.6 Å². The molecule has 6 nitrogen and oxygen atoms in total. The zero-order chi connectivity index (χ0) is 16.4. The maximum Gasteiger partial charge on any atom is 0.277 e. The van der Waals surface area contributed by atoms with Crippen LogP contribution < -0.4 is 5.56 Å². The highest BCUT2D eigenvalue weighted by atomic mass is 35.5. The lowest BCUT2D eigenvalue weighted by atomic mass is 10.2. The Morgan fingerprint density at radius 2 is 2.12 bits per heavy atom. The number of hydrogen-bond acceptors (Lipinski definition) is 4. The van der Waals surface area contributed by atoms with Crippen LogP contribution in [0.25, 0.3) is 27.9 Å². The minimum atomic E-state index is -0.168. The second-order valence-electron chi connectivity index (χ2n) is 6.17. The number of halogens is 1. The van der Waals surface area contributed by atoms with Gasteiger partial charge in [0.1, 0.15) is 29.0 Å². The molecule has 7 heteroatoms. The van der Waals surface area contributed by atoms with Crippen molar-refractivity contribution in [1.82, 2.24) is 19.1 Å². The molecule has 1 saturated carbocycles. The third-order valence-corrected chi connectivity index (χ3v) is 4.89. The van der Waals surface area contributed by atoms with Crippen LogP contribution in [0.4, 0.5) is 0 Å². The van der Waals surface area contributed by atoms with E-state index >= 15 is 0 Å². The van der Waals surface area contributed by atoms with Gasteiger partial charge < -0.3 is 9.09 Å². The van der Waals surface area contributed by atoms with Gasteiger partial charge in [-0.1, -0.05) is 22.8 Å². The first kappa shape index (κ1) is 13.8. The van der Waals surface area contributed by atoms with Crippen molar-refractivity contribution in [3.05, 3.63) is 51.7 Å². The molecule has 3 heterocycles. The molecule has 0 unspecified atom stereocenters. The third kappa shape index (κ3) is 1.80. The first-order valence-corrected chi connectivity index (χ1v) is 8.14. The fourth-order valence-corrected chi connectivity index (χ4v) is 3.47. The molecule has 3 aromatic heterocycles. The SMILES string of the molecule is Cn1c(=O)c2c(-c3cc(C4CC4)on3)ncn2c2cccc(Cl)c21. The van der Waals surface area contributed by atoms with Crippen molar-refractivity contribution in [3.8, 4) is 11.4 Å². The van der Waals surface area contributed by atoms with Crippen LogP contribution in [0.15, 0.2) is 39.9 Å². The minimum absolute atomic E-state index is 0.168. The largest absolute Gasteiger partial charge is 0.360 e. The van der Waals surface area contributed by atoms with Crippen molar-refractivity contribution in [3.63, 3.8) is 0 Å². The summed E-state index contributed by atoms with van der Waals surface area (Å²) in [7, 11) is 1.71. The fourth-order valence-electron chi connectivity index (χ4n) is 3.17. The van der Waals surface area contributed by atoms with E-state index in [1.54, 1.807) is 28.4 Å². The highest BCUT2D eigenvalue weighted by Gasteiger charge is 2.29. The Morgan fingerprint density at radius 3 is 2.92 bits per heavy atom. The summed E-state index contributed by atoms with van der Waals surface area (Å²) in [6, 6.07) is 7.43. The molecule has 0 spiro atoms. The Balaban J connectivity index is 1.85. The van der Waals surface area contributed by atoms with Crippen LogP contribution in [0, 0.1) is 0 Å². The van der Waals surface area contributed by atoms with Gasteiger partial charge >= 0.3 is 0 Å². The van der Waals surface area contributed by atoms with Crippen molar-refractivity contribution >= 4 is 28.2 Å². The molecule has 0 radical (unpaired) electrons. The number of para-hydroxylation sites is 1. The van der Waals surface area contributed by atoms with Crippen molar-refractivity contribution < 1.29 is 4.52 Å². The quantitative estimate of drug-likeness (QED) is 0.561. The van der Waals surface area contributed by atoms with Crippen LogP contribution in [-0.4, -0.2) is 19.1 Å². The summed E-state index contributed by atoms with van der Waals surface area (Å²) >= 11 is 6.28. The molecule has 1 aromatic carbocycles. The highest BCUT2D eigenvalue weighted by molar-refractivity contribution is 6.35. The Labute approximate surface area is 141 Å². The summed E-state index contributed by atoms with van der Waals surface area (Å²) in [6.45, 7) is 0. The van der Waals surface area contributed by atoms with E-state index in [1.807, 2.05) is 18.2 Å². The van der Waals surface area contributed by atoms with E-state index in [-0.39, 0.29) is 5.56 Å². The lowest BCUT2D eigenvalue weighted by Gasteiger charge is -2.09. The van der Waals surface area contributed by atoms with Gasteiger partial charge in [-0.2, -0.15) is 0 Å². The lowest BCUT2D eigenvalue weighted by Crippen LogP contribution is -2.20. The maximum atomic E-state index is 12.9. The molecule has 0 N–H and O–H groups in total. The van der Waals surface area contributed by atoms with E-state index in [0.29, 0.717) is 33.4 Å². The number of benzene rings is 1. The second-order valence-corrected chi connectivity index (χ2v) is 6.58. The van der Waals surface area contributed by atoms with Crippen molar-refractivity contribution in [2.45, 2.75) is 18.8 Å². The third-order valence-electron chi connectivity index (χ3n) is 4.59. The standard InChI is InChI=1S/C17H13ClN4O2/c1-21-15-10(18)3-2-4-12(15)22-8-19-14(16(22)17(21)23)11-7-13(24-20-11)9-5-6-9/h2-4,7-9H,5-6H2,1H3. The highest BCUT2D eigenvalue weighted by Crippen LogP contribution is 2.41. The number of aryl methyl sites for hydroxylation is 1. The molecule has 120 valence electrons. The molecule has 1 aliphatic rings. The summed E-state index contributed by atoms with van der Waals surface area (Å²) in [4.78, 5) is 17.3. The Morgan fingerprint density at radius 1 is 1.29 bits per heavy atom. The predicted octanol–water partition coefficient (Wildman–Crippen LogP) is 3.37. The first-order valence-electron chi connectivity index (χ1n) is 7.76. The van der Waals surface area contributed by atoms with Crippen molar-refractivity contribution in [1.29, 1.82) is 0 Å². The summed E-state index contributed by atoms with van der Waals surface area (Å²) in [6.07, 6.45) is 3.89. The molecule has 24 heavy (non-hydrogen) atoms. The molecular weight excluding hydrogens is 328 g/mol. The Kier molecular flexibility index (Phi) is 2.71. The van der Waals surface area contributed by atoms with E-state index in [9.17, 15) is 4.79 Å². The molecule has 5 rings (SSSR count). The average Bonchev–Trinajstić information content (AvgIpc) is 3.14. The topological polar surface area (TPSA) is 65.3 Å². The summed E-state index contributed by atoms with van der Waals surface area (Å²) in [5.74, 6) is 1.33. The molecule has 0 bridgehead atoms. The summed E-state index contributed by atoms with van der Waals surface area (Å²) in [5, 5.41) is 4.64. The van der Waals surface area contributed by atoms with Crippen molar-refractivity contribution in [2.24, 2.45) is 7.05 Å². The number of hydrogen-bond donors (Lipinski definition) is 0. The van der Waals surface area contributed by atoms with Crippen LogP contribution in [0.1, 0.15) is 24.5 Å². The van der Waals surface area contributed by atoms with E-state index in [0.717, 1.165) is 24.1 Å². The van der Waals surface area contributed by atoms with Crippen LogP contribution in [0.3, 0.4) is 0 Å².